The molecule has 0 bridgehead atoms. The Hall–Kier alpha value is -3.00. The Balaban J connectivity index is 1.43. The summed E-state index contributed by atoms with van der Waals surface area (Å²) in [4.78, 5) is 17.4. The van der Waals surface area contributed by atoms with Crippen molar-refractivity contribution in [1.29, 1.82) is 0 Å². The average molecular weight is 464 g/mol. The normalized spacial score (nSPS) is 15.0. The fourth-order valence-electron chi connectivity index (χ4n) is 4.00. The van der Waals surface area contributed by atoms with E-state index in [-0.39, 0.29) is 23.9 Å². The molecule has 0 atom stereocenters. The highest BCUT2D eigenvalue weighted by atomic mass is 32.2. The number of carbonyl (C=O) groups excluding carboxylic acids is 1. The minimum absolute atomic E-state index is 0.151. The van der Waals surface area contributed by atoms with Crippen molar-refractivity contribution in [2.24, 2.45) is 0 Å². The van der Waals surface area contributed by atoms with Crippen molar-refractivity contribution in [3.63, 3.8) is 0 Å². The molecule has 1 aliphatic rings. The quantitative estimate of drug-likeness (QED) is 0.515. The molecule has 0 N–H and O–H groups in total. The van der Waals surface area contributed by atoms with Gasteiger partial charge < -0.3 is 4.90 Å². The minimum atomic E-state index is -3.81. The standard InChI is InChI=1S/C26H29N3O3S/c30-26(28-18-16-27(17-19-28)20-23-10-4-1-5-11-23)22-29(21-24-12-6-2-7-13-24)33(31,32)25-14-8-3-9-15-25/h1-15H,16-22H2. The number of hydrogen-bond donors (Lipinski definition) is 0. The monoisotopic (exact) mass is 463 g/mol. The summed E-state index contributed by atoms with van der Waals surface area (Å²) in [5.74, 6) is -0.162. The third-order valence-corrected chi connectivity index (χ3v) is 7.67. The molecule has 0 unspecified atom stereocenters. The largest absolute Gasteiger partial charge is 0.339 e. The lowest BCUT2D eigenvalue weighted by Gasteiger charge is -2.35. The Labute approximate surface area is 196 Å². The molecule has 7 heteroatoms. The van der Waals surface area contributed by atoms with Crippen LogP contribution in [0.15, 0.2) is 95.9 Å². The third-order valence-electron chi connectivity index (χ3n) is 5.87. The zero-order valence-electron chi connectivity index (χ0n) is 18.6. The molecular weight excluding hydrogens is 434 g/mol. The zero-order valence-corrected chi connectivity index (χ0v) is 19.4. The van der Waals surface area contributed by atoms with Gasteiger partial charge >= 0.3 is 0 Å². The maximum atomic E-state index is 13.4. The van der Waals surface area contributed by atoms with Crippen molar-refractivity contribution in [2.75, 3.05) is 32.7 Å². The predicted octanol–water partition coefficient (Wildman–Crippen LogP) is 3.22. The summed E-state index contributed by atoms with van der Waals surface area (Å²) in [6.07, 6.45) is 0. The Morgan fingerprint density at radius 1 is 0.727 bits per heavy atom. The van der Waals surface area contributed by atoms with E-state index in [4.69, 9.17) is 0 Å². The van der Waals surface area contributed by atoms with Gasteiger partial charge in [-0.3, -0.25) is 9.69 Å². The van der Waals surface area contributed by atoms with Crippen LogP contribution in [0, 0.1) is 0 Å². The van der Waals surface area contributed by atoms with Crippen molar-refractivity contribution < 1.29 is 13.2 Å². The van der Waals surface area contributed by atoms with Gasteiger partial charge in [-0.05, 0) is 23.3 Å². The van der Waals surface area contributed by atoms with Crippen molar-refractivity contribution in [3.05, 3.63) is 102 Å². The number of sulfonamides is 1. The van der Waals surface area contributed by atoms with Crippen LogP contribution in [0.5, 0.6) is 0 Å². The first-order chi connectivity index (χ1) is 16.0. The molecule has 1 fully saturated rings. The third kappa shape index (κ3) is 6.07. The van der Waals surface area contributed by atoms with Gasteiger partial charge in [-0.25, -0.2) is 8.42 Å². The van der Waals surface area contributed by atoms with Gasteiger partial charge in [-0.1, -0.05) is 78.9 Å². The van der Waals surface area contributed by atoms with Crippen LogP contribution < -0.4 is 0 Å². The molecule has 1 aliphatic heterocycles. The van der Waals surface area contributed by atoms with Crippen LogP contribution in [0.25, 0.3) is 0 Å². The number of hydrogen-bond acceptors (Lipinski definition) is 4. The fourth-order valence-corrected chi connectivity index (χ4v) is 5.40. The highest BCUT2D eigenvalue weighted by molar-refractivity contribution is 7.89. The molecule has 6 nitrogen and oxygen atoms in total. The molecule has 1 amide bonds. The number of nitrogens with zero attached hydrogens (tertiary/aromatic N) is 3. The van der Waals surface area contributed by atoms with Crippen LogP contribution in [0.4, 0.5) is 0 Å². The van der Waals surface area contributed by atoms with Gasteiger partial charge in [-0.2, -0.15) is 4.31 Å². The first-order valence-electron chi connectivity index (χ1n) is 11.2. The zero-order chi connectivity index (χ0) is 23.1. The van der Waals surface area contributed by atoms with Crippen LogP contribution in [0.1, 0.15) is 11.1 Å². The van der Waals surface area contributed by atoms with Crippen LogP contribution in [0.3, 0.4) is 0 Å². The summed E-state index contributed by atoms with van der Waals surface area (Å²) in [5, 5.41) is 0. The van der Waals surface area contributed by atoms with Gasteiger partial charge in [0.2, 0.25) is 15.9 Å². The van der Waals surface area contributed by atoms with Crippen LogP contribution >= 0.6 is 0 Å². The van der Waals surface area contributed by atoms with E-state index >= 15 is 0 Å². The lowest BCUT2D eigenvalue weighted by Crippen LogP contribution is -2.51. The molecular formula is C26H29N3O3S. The lowest BCUT2D eigenvalue weighted by molar-refractivity contribution is -0.133. The molecule has 0 aliphatic carbocycles. The Kier molecular flexibility index (Phi) is 7.54. The van der Waals surface area contributed by atoms with Gasteiger partial charge in [0.15, 0.2) is 0 Å². The molecule has 1 heterocycles. The van der Waals surface area contributed by atoms with Crippen LogP contribution in [0.2, 0.25) is 0 Å². The van der Waals surface area contributed by atoms with E-state index in [9.17, 15) is 13.2 Å². The molecule has 0 radical (unpaired) electrons. The number of piperazine rings is 1. The Bertz CT molecular complexity index is 1130. The van der Waals surface area contributed by atoms with Gasteiger partial charge in [0.05, 0.1) is 11.4 Å². The topological polar surface area (TPSA) is 60.9 Å². The fraction of sp³-hybridized carbons (Fsp3) is 0.269. The van der Waals surface area contributed by atoms with E-state index < -0.39 is 10.0 Å². The predicted molar refractivity (Wildman–Crippen MR) is 129 cm³/mol. The molecule has 0 spiro atoms. The molecule has 4 rings (SSSR count). The lowest BCUT2D eigenvalue weighted by atomic mass is 10.2. The summed E-state index contributed by atoms with van der Waals surface area (Å²) >= 11 is 0. The summed E-state index contributed by atoms with van der Waals surface area (Å²) < 4.78 is 28.0. The number of benzene rings is 3. The first-order valence-corrected chi connectivity index (χ1v) is 12.6. The Morgan fingerprint density at radius 2 is 1.24 bits per heavy atom. The second-order valence-electron chi connectivity index (χ2n) is 8.21. The van der Waals surface area contributed by atoms with E-state index in [1.807, 2.05) is 48.5 Å². The maximum Gasteiger partial charge on any atom is 0.243 e. The highest BCUT2D eigenvalue weighted by Gasteiger charge is 2.30. The van der Waals surface area contributed by atoms with Crippen molar-refractivity contribution >= 4 is 15.9 Å². The Morgan fingerprint density at radius 3 is 1.82 bits per heavy atom. The van der Waals surface area contributed by atoms with Crippen molar-refractivity contribution in [3.8, 4) is 0 Å². The summed E-state index contributed by atoms with van der Waals surface area (Å²) in [6, 6.07) is 28.0. The number of rotatable bonds is 8. The second-order valence-corrected chi connectivity index (χ2v) is 10.2. The van der Waals surface area contributed by atoms with Gasteiger partial charge in [0.25, 0.3) is 0 Å². The highest BCUT2D eigenvalue weighted by Crippen LogP contribution is 2.19. The van der Waals surface area contributed by atoms with Crippen molar-refractivity contribution in [2.45, 2.75) is 18.0 Å². The molecule has 0 saturated carbocycles. The number of carbonyl (C=O) groups is 1. The molecule has 3 aromatic rings. The smallest absolute Gasteiger partial charge is 0.243 e. The summed E-state index contributed by atoms with van der Waals surface area (Å²) in [7, 11) is -3.81. The SMILES string of the molecule is O=C(CN(Cc1ccccc1)S(=O)(=O)c1ccccc1)N1CCN(Cc2ccccc2)CC1. The van der Waals surface area contributed by atoms with E-state index in [0.717, 1.165) is 25.2 Å². The molecule has 0 aromatic heterocycles. The van der Waals surface area contributed by atoms with E-state index in [1.54, 1.807) is 35.2 Å². The van der Waals surface area contributed by atoms with Crippen LogP contribution in [-0.2, 0) is 27.9 Å². The number of amides is 1. The molecule has 1 saturated heterocycles. The molecule has 33 heavy (non-hydrogen) atoms. The van der Waals surface area contributed by atoms with E-state index in [1.165, 1.54) is 9.87 Å². The molecule has 172 valence electrons. The van der Waals surface area contributed by atoms with Gasteiger partial charge in [0.1, 0.15) is 0 Å². The maximum absolute atomic E-state index is 13.4. The first kappa shape index (κ1) is 23.2. The van der Waals surface area contributed by atoms with Gasteiger partial charge in [0, 0.05) is 39.3 Å². The molecule has 3 aromatic carbocycles. The minimum Gasteiger partial charge on any atom is -0.339 e. The van der Waals surface area contributed by atoms with E-state index in [2.05, 4.69) is 17.0 Å². The summed E-state index contributed by atoms with van der Waals surface area (Å²) in [6.45, 7) is 3.55. The van der Waals surface area contributed by atoms with Gasteiger partial charge in [-0.15, -0.1) is 0 Å². The summed E-state index contributed by atoms with van der Waals surface area (Å²) in [5.41, 5.74) is 2.10. The second kappa shape index (κ2) is 10.7. The van der Waals surface area contributed by atoms with Crippen LogP contribution in [-0.4, -0.2) is 61.2 Å². The van der Waals surface area contributed by atoms with E-state index in [0.29, 0.717) is 13.1 Å². The average Bonchev–Trinajstić information content (AvgIpc) is 2.86. The van der Waals surface area contributed by atoms with Crippen molar-refractivity contribution in [1.82, 2.24) is 14.1 Å².